The van der Waals surface area contributed by atoms with Crippen molar-refractivity contribution < 1.29 is 19.4 Å². The molecule has 0 aliphatic carbocycles. The molecule has 0 bridgehead atoms. The molecular formula is C13H17NO4. The maximum absolute atomic E-state index is 11.4. The largest absolute Gasteiger partial charge is 0.484 e. The first kappa shape index (κ1) is 14.0. The Morgan fingerprint density at radius 3 is 2.33 bits per heavy atom. The zero-order valence-corrected chi connectivity index (χ0v) is 10.7. The van der Waals surface area contributed by atoms with Crippen LogP contribution in [0.3, 0.4) is 0 Å². The first-order valence-corrected chi connectivity index (χ1v) is 5.61. The summed E-state index contributed by atoms with van der Waals surface area (Å²) in [4.78, 5) is 21.9. The fourth-order valence-corrected chi connectivity index (χ4v) is 1.51. The molecule has 1 amide bonds. The first-order chi connectivity index (χ1) is 8.38. The third-order valence-corrected chi connectivity index (χ3v) is 2.31. The van der Waals surface area contributed by atoms with Gasteiger partial charge in [-0.05, 0) is 44.0 Å². The maximum atomic E-state index is 11.4. The minimum atomic E-state index is -1.07. The standard InChI is InChI=1S/C13H17NO4/c1-8-4-9(2)6-11(5-8)18-7-12(15)14-10(3)13(16)17/h4-6,10H,7H2,1-3H3,(H,14,15)(H,16,17)/t10-/m1/s1. The van der Waals surface area contributed by atoms with Gasteiger partial charge in [-0.1, -0.05) is 6.07 Å². The Kier molecular flexibility index (Phi) is 4.71. The van der Waals surface area contributed by atoms with Crippen molar-refractivity contribution in [2.45, 2.75) is 26.8 Å². The van der Waals surface area contributed by atoms with Crippen LogP contribution in [0.15, 0.2) is 18.2 Å². The summed E-state index contributed by atoms with van der Waals surface area (Å²) in [6.45, 7) is 5.08. The van der Waals surface area contributed by atoms with Crippen LogP contribution in [0, 0.1) is 13.8 Å². The van der Waals surface area contributed by atoms with E-state index in [0.717, 1.165) is 11.1 Å². The Balaban J connectivity index is 2.50. The number of ether oxygens (including phenoxy) is 1. The summed E-state index contributed by atoms with van der Waals surface area (Å²) in [5.74, 6) is -0.926. The highest BCUT2D eigenvalue weighted by Crippen LogP contribution is 2.15. The summed E-state index contributed by atoms with van der Waals surface area (Å²) in [5.41, 5.74) is 2.09. The number of rotatable bonds is 5. The van der Waals surface area contributed by atoms with Crippen LogP contribution >= 0.6 is 0 Å². The zero-order valence-electron chi connectivity index (χ0n) is 10.7. The number of amides is 1. The van der Waals surface area contributed by atoms with E-state index in [-0.39, 0.29) is 6.61 Å². The molecule has 5 heteroatoms. The second kappa shape index (κ2) is 6.05. The summed E-state index contributed by atoms with van der Waals surface area (Å²) in [5, 5.41) is 10.9. The van der Waals surface area contributed by atoms with E-state index in [4.69, 9.17) is 9.84 Å². The lowest BCUT2D eigenvalue weighted by atomic mass is 10.1. The quantitative estimate of drug-likeness (QED) is 0.826. The molecule has 0 fully saturated rings. The maximum Gasteiger partial charge on any atom is 0.325 e. The molecule has 1 rings (SSSR count). The predicted molar refractivity (Wildman–Crippen MR) is 66.7 cm³/mol. The number of aryl methyl sites for hydroxylation is 2. The highest BCUT2D eigenvalue weighted by molar-refractivity contribution is 5.84. The summed E-state index contributed by atoms with van der Waals surface area (Å²) in [6, 6.07) is 4.72. The molecule has 0 saturated carbocycles. The van der Waals surface area contributed by atoms with E-state index in [1.54, 1.807) is 0 Å². The molecule has 1 atom stereocenters. The van der Waals surface area contributed by atoms with Gasteiger partial charge in [0.25, 0.3) is 5.91 Å². The van der Waals surface area contributed by atoms with Gasteiger partial charge in [0.1, 0.15) is 11.8 Å². The lowest BCUT2D eigenvalue weighted by molar-refractivity contribution is -0.141. The van der Waals surface area contributed by atoms with Gasteiger partial charge in [-0.2, -0.15) is 0 Å². The fraction of sp³-hybridized carbons (Fsp3) is 0.385. The number of aliphatic carboxylic acids is 1. The van der Waals surface area contributed by atoms with Gasteiger partial charge in [-0.25, -0.2) is 0 Å². The second-order valence-corrected chi connectivity index (χ2v) is 4.24. The first-order valence-electron chi connectivity index (χ1n) is 5.61. The van der Waals surface area contributed by atoms with Crippen LogP contribution in [0.25, 0.3) is 0 Å². The van der Waals surface area contributed by atoms with Crippen molar-refractivity contribution in [1.82, 2.24) is 5.32 Å². The van der Waals surface area contributed by atoms with Crippen LogP contribution in [0.2, 0.25) is 0 Å². The Labute approximate surface area is 106 Å². The predicted octanol–water partition coefficient (Wildman–Crippen LogP) is 1.27. The molecular weight excluding hydrogens is 234 g/mol. The normalized spacial score (nSPS) is 11.7. The topological polar surface area (TPSA) is 75.6 Å². The molecule has 98 valence electrons. The van der Waals surface area contributed by atoms with Crippen molar-refractivity contribution in [3.05, 3.63) is 29.3 Å². The Morgan fingerprint density at radius 1 is 1.28 bits per heavy atom. The highest BCUT2D eigenvalue weighted by Gasteiger charge is 2.14. The van der Waals surface area contributed by atoms with Crippen LogP contribution in [0.5, 0.6) is 5.75 Å². The number of hydrogen-bond donors (Lipinski definition) is 2. The monoisotopic (exact) mass is 251 g/mol. The second-order valence-electron chi connectivity index (χ2n) is 4.24. The van der Waals surface area contributed by atoms with Crippen molar-refractivity contribution in [2.75, 3.05) is 6.61 Å². The summed E-state index contributed by atoms with van der Waals surface area (Å²) in [7, 11) is 0. The molecule has 2 N–H and O–H groups in total. The van der Waals surface area contributed by atoms with E-state index in [9.17, 15) is 9.59 Å². The van der Waals surface area contributed by atoms with E-state index in [2.05, 4.69) is 5.32 Å². The molecule has 0 unspecified atom stereocenters. The van der Waals surface area contributed by atoms with Crippen molar-refractivity contribution in [1.29, 1.82) is 0 Å². The van der Waals surface area contributed by atoms with E-state index in [1.807, 2.05) is 32.0 Å². The zero-order chi connectivity index (χ0) is 13.7. The van der Waals surface area contributed by atoms with Crippen LogP contribution in [-0.2, 0) is 9.59 Å². The van der Waals surface area contributed by atoms with Crippen molar-refractivity contribution in [3.63, 3.8) is 0 Å². The van der Waals surface area contributed by atoms with E-state index < -0.39 is 17.9 Å². The van der Waals surface area contributed by atoms with Crippen LogP contribution in [0.4, 0.5) is 0 Å². The third-order valence-electron chi connectivity index (χ3n) is 2.31. The van der Waals surface area contributed by atoms with Gasteiger partial charge in [0.15, 0.2) is 6.61 Å². The third kappa shape index (κ3) is 4.45. The number of carboxylic acid groups (broad SMARTS) is 1. The molecule has 0 aromatic heterocycles. The summed E-state index contributed by atoms with van der Waals surface area (Å²) in [6.07, 6.45) is 0. The summed E-state index contributed by atoms with van der Waals surface area (Å²) < 4.78 is 5.31. The van der Waals surface area contributed by atoms with Gasteiger partial charge < -0.3 is 15.2 Å². The minimum Gasteiger partial charge on any atom is -0.484 e. The van der Waals surface area contributed by atoms with Gasteiger partial charge >= 0.3 is 5.97 Å². The SMILES string of the molecule is Cc1cc(C)cc(OCC(=O)N[C@H](C)C(=O)O)c1. The average Bonchev–Trinajstić information content (AvgIpc) is 2.25. The van der Waals surface area contributed by atoms with E-state index >= 15 is 0 Å². The van der Waals surface area contributed by atoms with Crippen molar-refractivity contribution >= 4 is 11.9 Å². The van der Waals surface area contributed by atoms with Crippen LogP contribution in [0.1, 0.15) is 18.1 Å². The molecule has 0 aliphatic heterocycles. The smallest absolute Gasteiger partial charge is 0.325 e. The molecule has 5 nitrogen and oxygen atoms in total. The minimum absolute atomic E-state index is 0.194. The molecule has 18 heavy (non-hydrogen) atoms. The molecule has 1 aromatic carbocycles. The van der Waals surface area contributed by atoms with Gasteiger partial charge in [0.05, 0.1) is 0 Å². The summed E-state index contributed by atoms with van der Waals surface area (Å²) >= 11 is 0. The van der Waals surface area contributed by atoms with Crippen molar-refractivity contribution in [3.8, 4) is 5.75 Å². The number of carboxylic acids is 1. The van der Waals surface area contributed by atoms with E-state index in [0.29, 0.717) is 5.75 Å². The van der Waals surface area contributed by atoms with Gasteiger partial charge in [0.2, 0.25) is 0 Å². The Morgan fingerprint density at radius 2 is 1.83 bits per heavy atom. The number of nitrogens with one attached hydrogen (secondary N) is 1. The average molecular weight is 251 g/mol. The number of benzene rings is 1. The molecule has 0 radical (unpaired) electrons. The fourth-order valence-electron chi connectivity index (χ4n) is 1.51. The molecule has 0 spiro atoms. The van der Waals surface area contributed by atoms with Gasteiger partial charge in [-0.15, -0.1) is 0 Å². The van der Waals surface area contributed by atoms with E-state index in [1.165, 1.54) is 6.92 Å². The molecule has 0 heterocycles. The van der Waals surface area contributed by atoms with Crippen molar-refractivity contribution in [2.24, 2.45) is 0 Å². The Bertz CT molecular complexity index is 436. The van der Waals surface area contributed by atoms with Gasteiger partial charge in [-0.3, -0.25) is 9.59 Å². The lowest BCUT2D eigenvalue weighted by Crippen LogP contribution is -2.40. The highest BCUT2D eigenvalue weighted by atomic mass is 16.5. The lowest BCUT2D eigenvalue weighted by Gasteiger charge is -2.11. The number of hydrogen-bond acceptors (Lipinski definition) is 3. The number of carbonyl (C=O) groups is 2. The van der Waals surface area contributed by atoms with Gasteiger partial charge in [0, 0.05) is 0 Å². The van der Waals surface area contributed by atoms with Crippen LogP contribution < -0.4 is 10.1 Å². The van der Waals surface area contributed by atoms with Crippen LogP contribution in [-0.4, -0.2) is 29.6 Å². The Hall–Kier alpha value is -2.04. The number of carbonyl (C=O) groups excluding carboxylic acids is 1. The molecule has 0 aliphatic rings. The molecule has 1 aromatic rings. The molecule has 0 saturated heterocycles.